The van der Waals surface area contributed by atoms with Gasteiger partial charge in [-0.3, -0.25) is 9.48 Å². The minimum Gasteiger partial charge on any atom is -0.496 e. The van der Waals surface area contributed by atoms with Gasteiger partial charge in [-0.15, -0.1) is 0 Å². The Morgan fingerprint density at radius 1 is 1.42 bits per heavy atom. The molecule has 6 heteroatoms. The molecule has 2 aromatic rings. The first kappa shape index (κ1) is 16.8. The molecule has 0 aliphatic carbocycles. The zero-order chi connectivity index (χ0) is 17.1. The lowest BCUT2D eigenvalue weighted by Gasteiger charge is -2.30. The fourth-order valence-corrected chi connectivity index (χ4v) is 3.30. The van der Waals surface area contributed by atoms with Crippen molar-refractivity contribution in [1.82, 2.24) is 14.7 Å². The zero-order valence-corrected chi connectivity index (χ0v) is 14.8. The molecule has 128 valence electrons. The van der Waals surface area contributed by atoms with Gasteiger partial charge in [0.25, 0.3) is 0 Å². The molecule has 1 aromatic carbocycles. The van der Waals surface area contributed by atoms with Crippen LogP contribution in [0.25, 0.3) is 11.3 Å². The molecule has 5 nitrogen and oxygen atoms in total. The van der Waals surface area contributed by atoms with E-state index in [0.717, 1.165) is 30.8 Å². The Bertz CT molecular complexity index is 729. The summed E-state index contributed by atoms with van der Waals surface area (Å²) in [5.74, 6) is 1.40. The van der Waals surface area contributed by atoms with Gasteiger partial charge < -0.3 is 9.64 Å². The monoisotopic (exact) mass is 347 g/mol. The molecule has 1 amide bonds. The third kappa shape index (κ3) is 3.73. The number of benzene rings is 1. The minimum atomic E-state index is 0.120. The van der Waals surface area contributed by atoms with E-state index in [1.54, 1.807) is 17.9 Å². The third-order valence-corrected chi connectivity index (χ3v) is 4.62. The van der Waals surface area contributed by atoms with Crippen LogP contribution in [-0.2, 0) is 11.3 Å². The van der Waals surface area contributed by atoms with Gasteiger partial charge in [0.05, 0.1) is 12.8 Å². The molecule has 0 radical (unpaired) electrons. The van der Waals surface area contributed by atoms with Crippen LogP contribution in [0.4, 0.5) is 0 Å². The Labute approximate surface area is 147 Å². The fraction of sp³-hybridized carbons (Fsp3) is 0.444. The lowest BCUT2D eigenvalue weighted by atomic mass is 10.0. The summed E-state index contributed by atoms with van der Waals surface area (Å²) in [5.41, 5.74) is 1.57. The summed E-state index contributed by atoms with van der Waals surface area (Å²) in [5, 5.41) is 5.14. The molecule has 3 rings (SSSR count). The molecule has 24 heavy (non-hydrogen) atoms. The van der Waals surface area contributed by atoms with Crippen molar-refractivity contribution >= 4 is 17.5 Å². The van der Waals surface area contributed by atoms with Crippen molar-refractivity contribution in [3.8, 4) is 17.0 Å². The second kappa shape index (κ2) is 7.26. The van der Waals surface area contributed by atoms with E-state index in [0.29, 0.717) is 16.7 Å². The first-order valence-corrected chi connectivity index (χ1v) is 8.59. The van der Waals surface area contributed by atoms with E-state index >= 15 is 0 Å². The molecular formula is C18H22ClN3O2. The number of carbonyl (C=O) groups is 1. The molecule has 0 spiro atoms. The average Bonchev–Trinajstić information content (AvgIpc) is 3.03. The van der Waals surface area contributed by atoms with Crippen molar-refractivity contribution in [2.75, 3.05) is 20.2 Å². The highest BCUT2D eigenvalue weighted by Gasteiger charge is 2.21. The van der Waals surface area contributed by atoms with E-state index in [4.69, 9.17) is 16.3 Å². The number of halogens is 1. The third-order valence-electron chi connectivity index (χ3n) is 4.39. The van der Waals surface area contributed by atoms with Crippen molar-refractivity contribution in [3.05, 3.63) is 35.5 Å². The maximum absolute atomic E-state index is 12.5. The van der Waals surface area contributed by atoms with Gasteiger partial charge >= 0.3 is 0 Å². The van der Waals surface area contributed by atoms with Crippen LogP contribution in [0.1, 0.15) is 19.8 Å². The molecule has 1 aliphatic heterocycles. The molecule has 2 heterocycles. The number of ether oxygens (including phenoxy) is 1. The number of rotatable bonds is 4. The molecule has 1 unspecified atom stereocenters. The second-order valence-electron chi connectivity index (χ2n) is 6.33. The van der Waals surface area contributed by atoms with Gasteiger partial charge in [-0.25, -0.2) is 0 Å². The van der Waals surface area contributed by atoms with Crippen LogP contribution < -0.4 is 4.74 Å². The summed E-state index contributed by atoms with van der Waals surface area (Å²) in [6.45, 7) is 4.14. The summed E-state index contributed by atoms with van der Waals surface area (Å²) in [4.78, 5) is 14.4. The highest BCUT2D eigenvalue weighted by molar-refractivity contribution is 6.30. The first-order valence-electron chi connectivity index (χ1n) is 8.22. The quantitative estimate of drug-likeness (QED) is 0.850. The Hall–Kier alpha value is -2.01. The molecule has 0 saturated carbocycles. The van der Waals surface area contributed by atoms with Crippen molar-refractivity contribution in [2.24, 2.45) is 5.92 Å². The van der Waals surface area contributed by atoms with Crippen molar-refractivity contribution in [1.29, 1.82) is 0 Å². The molecule has 1 atom stereocenters. The Balaban J connectivity index is 1.74. The molecular weight excluding hydrogens is 326 g/mol. The topological polar surface area (TPSA) is 47.4 Å². The van der Waals surface area contributed by atoms with Crippen LogP contribution in [0.2, 0.25) is 5.02 Å². The number of methoxy groups -OCH3 is 1. The Kier molecular flexibility index (Phi) is 5.09. The van der Waals surface area contributed by atoms with Gasteiger partial charge in [0, 0.05) is 29.9 Å². The van der Waals surface area contributed by atoms with E-state index in [1.807, 2.05) is 29.3 Å². The summed E-state index contributed by atoms with van der Waals surface area (Å²) in [7, 11) is 1.62. The van der Waals surface area contributed by atoms with E-state index in [-0.39, 0.29) is 12.5 Å². The van der Waals surface area contributed by atoms with Gasteiger partial charge in [-0.05, 0) is 43.0 Å². The second-order valence-corrected chi connectivity index (χ2v) is 6.77. The highest BCUT2D eigenvalue weighted by Crippen LogP contribution is 2.31. The number of likely N-dealkylation sites (tertiary alicyclic amines) is 1. The predicted octanol–water partition coefficient (Wildman–Crippen LogP) is 3.47. The fourth-order valence-electron chi connectivity index (χ4n) is 3.13. The van der Waals surface area contributed by atoms with Crippen molar-refractivity contribution in [2.45, 2.75) is 26.3 Å². The van der Waals surface area contributed by atoms with E-state index in [2.05, 4.69) is 12.0 Å². The normalized spacial score (nSPS) is 17.8. The number of piperidine rings is 1. The van der Waals surface area contributed by atoms with E-state index < -0.39 is 0 Å². The van der Waals surface area contributed by atoms with Crippen LogP contribution in [0.3, 0.4) is 0 Å². The molecule has 1 aromatic heterocycles. The number of hydrogen-bond acceptors (Lipinski definition) is 3. The van der Waals surface area contributed by atoms with Gasteiger partial charge in [-0.2, -0.15) is 5.10 Å². The number of amides is 1. The van der Waals surface area contributed by atoms with Crippen LogP contribution >= 0.6 is 11.6 Å². The number of aromatic nitrogens is 2. The van der Waals surface area contributed by atoms with Crippen LogP contribution in [0, 0.1) is 5.92 Å². The molecule has 1 saturated heterocycles. The minimum absolute atomic E-state index is 0.120. The lowest BCUT2D eigenvalue weighted by molar-refractivity contribution is -0.133. The maximum atomic E-state index is 12.5. The molecule has 0 bridgehead atoms. The maximum Gasteiger partial charge on any atom is 0.244 e. The summed E-state index contributed by atoms with van der Waals surface area (Å²) < 4.78 is 7.05. The number of carbonyl (C=O) groups excluding carboxylic acids is 1. The van der Waals surface area contributed by atoms with Gasteiger partial charge in [0.15, 0.2) is 0 Å². The lowest BCUT2D eigenvalue weighted by Crippen LogP contribution is -2.40. The van der Waals surface area contributed by atoms with Crippen molar-refractivity contribution < 1.29 is 9.53 Å². The standard InChI is InChI=1S/C18H22ClN3O2/c1-13-4-3-8-21(11-13)18(23)12-22-9-7-16(20-22)15-10-14(19)5-6-17(15)24-2/h5-7,9-10,13H,3-4,8,11-12H2,1-2H3. The Morgan fingerprint density at radius 3 is 3.00 bits per heavy atom. The zero-order valence-electron chi connectivity index (χ0n) is 14.0. The smallest absolute Gasteiger partial charge is 0.244 e. The van der Waals surface area contributed by atoms with Gasteiger partial charge in [-0.1, -0.05) is 18.5 Å². The Morgan fingerprint density at radius 2 is 2.25 bits per heavy atom. The average molecular weight is 348 g/mol. The number of hydrogen-bond donors (Lipinski definition) is 0. The molecule has 0 N–H and O–H groups in total. The van der Waals surface area contributed by atoms with Crippen LogP contribution in [-0.4, -0.2) is 40.8 Å². The number of nitrogens with zero attached hydrogens (tertiary/aromatic N) is 3. The van der Waals surface area contributed by atoms with Crippen LogP contribution in [0.5, 0.6) is 5.75 Å². The van der Waals surface area contributed by atoms with E-state index in [9.17, 15) is 4.79 Å². The van der Waals surface area contributed by atoms with E-state index in [1.165, 1.54) is 6.42 Å². The predicted molar refractivity (Wildman–Crippen MR) is 94.2 cm³/mol. The molecule has 1 aliphatic rings. The summed E-state index contributed by atoms with van der Waals surface area (Å²) >= 11 is 6.08. The van der Waals surface area contributed by atoms with Gasteiger partial charge in [0.1, 0.15) is 12.3 Å². The largest absolute Gasteiger partial charge is 0.496 e. The highest BCUT2D eigenvalue weighted by atomic mass is 35.5. The molecule has 1 fully saturated rings. The van der Waals surface area contributed by atoms with Crippen molar-refractivity contribution in [3.63, 3.8) is 0 Å². The SMILES string of the molecule is COc1ccc(Cl)cc1-c1ccn(CC(=O)N2CCCC(C)C2)n1. The summed E-state index contributed by atoms with van der Waals surface area (Å²) in [6, 6.07) is 7.29. The van der Waals surface area contributed by atoms with Crippen LogP contribution in [0.15, 0.2) is 30.5 Å². The van der Waals surface area contributed by atoms with Gasteiger partial charge in [0.2, 0.25) is 5.91 Å². The first-order chi connectivity index (χ1) is 11.6. The summed E-state index contributed by atoms with van der Waals surface area (Å²) in [6.07, 6.45) is 4.10.